The molecule has 2 amide bonds. The van der Waals surface area contributed by atoms with Gasteiger partial charge in [-0.2, -0.15) is 0 Å². The molecule has 0 spiro atoms. The highest BCUT2D eigenvalue weighted by atomic mass is 16.6. The smallest absolute Gasteiger partial charge is 0.326 e. The van der Waals surface area contributed by atoms with Crippen LogP contribution in [0.5, 0.6) is 0 Å². The summed E-state index contributed by atoms with van der Waals surface area (Å²) in [5, 5.41) is 2.69. The number of ether oxygens (including phenoxy) is 1. The van der Waals surface area contributed by atoms with E-state index in [-0.39, 0.29) is 18.7 Å². The van der Waals surface area contributed by atoms with Crippen LogP contribution in [0.1, 0.15) is 36.9 Å². The van der Waals surface area contributed by atoms with E-state index in [9.17, 15) is 14.4 Å². The SMILES string of the molecule is CN(CC(=O)OC(C)(C)C)C(=O)C(Cc1ccccc1)NC(=O)c1ccco1. The maximum atomic E-state index is 12.9. The number of hydrogen-bond donors (Lipinski definition) is 1. The first kappa shape index (κ1) is 21.2. The van der Waals surface area contributed by atoms with Crippen molar-refractivity contribution in [2.45, 2.75) is 38.8 Å². The molecule has 0 radical (unpaired) electrons. The van der Waals surface area contributed by atoms with Crippen LogP contribution >= 0.6 is 0 Å². The summed E-state index contributed by atoms with van der Waals surface area (Å²) in [5.41, 5.74) is 0.240. The average molecular weight is 386 g/mol. The van der Waals surface area contributed by atoms with Crippen molar-refractivity contribution in [3.8, 4) is 0 Å². The lowest BCUT2D eigenvalue weighted by Crippen LogP contribution is -2.50. The molecule has 7 heteroatoms. The first-order chi connectivity index (χ1) is 13.2. The fourth-order valence-electron chi connectivity index (χ4n) is 2.60. The highest BCUT2D eigenvalue weighted by Crippen LogP contribution is 2.10. The topological polar surface area (TPSA) is 88.9 Å². The Morgan fingerprint density at radius 2 is 1.79 bits per heavy atom. The molecule has 0 saturated heterocycles. The van der Waals surface area contributed by atoms with Crippen LogP contribution in [-0.4, -0.2) is 47.9 Å². The van der Waals surface area contributed by atoms with Gasteiger partial charge in [-0.15, -0.1) is 0 Å². The van der Waals surface area contributed by atoms with E-state index in [4.69, 9.17) is 9.15 Å². The fraction of sp³-hybridized carbons (Fsp3) is 0.381. The number of carbonyl (C=O) groups is 3. The Morgan fingerprint density at radius 1 is 1.11 bits per heavy atom. The molecule has 1 atom stereocenters. The molecule has 7 nitrogen and oxygen atoms in total. The minimum atomic E-state index is -0.854. The van der Waals surface area contributed by atoms with Gasteiger partial charge in [-0.3, -0.25) is 14.4 Å². The first-order valence-corrected chi connectivity index (χ1v) is 9.01. The van der Waals surface area contributed by atoms with Crippen LogP contribution in [0, 0.1) is 0 Å². The molecule has 1 heterocycles. The van der Waals surface area contributed by atoms with Crippen molar-refractivity contribution in [3.05, 3.63) is 60.1 Å². The Balaban J connectivity index is 2.11. The summed E-state index contributed by atoms with van der Waals surface area (Å²) in [6.07, 6.45) is 1.67. The molecule has 1 unspecified atom stereocenters. The third-order valence-corrected chi connectivity index (χ3v) is 3.79. The summed E-state index contributed by atoms with van der Waals surface area (Å²) in [7, 11) is 1.50. The summed E-state index contributed by atoms with van der Waals surface area (Å²) in [4.78, 5) is 38.6. The Bertz CT molecular complexity index is 794. The van der Waals surface area contributed by atoms with Crippen molar-refractivity contribution in [1.82, 2.24) is 10.2 Å². The van der Waals surface area contributed by atoms with Crippen LogP contribution in [0.25, 0.3) is 0 Å². The van der Waals surface area contributed by atoms with Crippen molar-refractivity contribution < 1.29 is 23.5 Å². The van der Waals surface area contributed by atoms with Gasteiger partial charge in [-0.25, -0.2) is 0 Å². The van der Waals surface area contributed by atoms with Crippen LogP contribution in [0.15, 0.2) is 53.1 Å². The van der Waals surface area contributed by atoms with Gasteiger partial charge in [-0.05, 0) is 38.5 Å². The van der Waals surface area contributed by atoms with Crippen LogP contribution in [0.2, 0.25) is 0 Å². The second-order valence-electron chi connectivity index (χ2n) is 7.47. The Morgan fingerprint density at radius 3 is 2.36 bits per heavy atom. The number of benzene rings is 1. The number of nitrogens with zero attached hydrogens (tertiary/aromatic N) is 1. The molecule has 28 heavy (non-hydrogen) atoms. The van der Waals surface area contributed by atoms with Crippen molar-refractivity contribution in [3.63, 3.8) is 0 Å². The van der Waals surface area contributed by atoms with Gasteiger partial charge in [0.15, 0.2) is 5.76 Å². The zero-order chi connectivity index (χ0) is 20.7. The second kappa shape index (κ2) is 9.21. The fourth-order valence-corrected chi connectivity index (χ4v) is 2.60. The highest BCUT2D eigenvalue weighted by molar-refractivity contribution is 5.96. The molecule has 0 saturated carbocycles. The minimum Gasteiger partial charge on any atom is -0.459 e. The quantitative estimate of drug-likeness (QED) is 0.738. The lowest BCUT2D eigenvalue weighted by atomic mass is 10.0. The summed E-state index contributed by atoms with van der Waals surface area (Å²) >= 11 is 0. The summed E-state index contributed by atoms with van der Waals surface area (Å²) in [6, 6.07) is 11.6. The lowest BCUT2D eigenvalue weighted by molar-refractivity contribution is -0.158. The minimum absolute atomic E-state index is 0.112. The first-order valence-electron chi connectivity index (χ1n) is 9.01. The largest absolute Gasteiger partial charge is 0.459 e. The zero-order valence-corrected chi connectivity index (χ0v) is 16.6. The van der Waals surface area contributed by atoms with E-state index in [2.05, 4.69) is 5.32 Å². The lowest BCUT2D eigenvalue weighted by Gasteiger charge is -2.26. The molecule has 2 aromatic rings. The average Bonchev–Trinajstić information content (AvgIpc) is 3.14. The van der Waals surface area contributed by atoms with E-state index in [1.165, 1.54) is 24.3 Å². The van der Waals surface area contributed by atoms with Crippen molar-refractivity contribution in [1.29, 1.82) is 0 Å². The van der Waals surface area contributed by atoms with E-state index in [0.717, 1.165) is 5.56 Å². The molecule has 1 aromatic heterocycles. The van der Waals surface area contributed by atoms with Gasteiger partial charge >= 0.3 is 5.97 Å². The number of hydrogen-bond acceptors (Lipinski definition) is 5. The summed E-state index contributed by atoms with van der Waals surface area (Å²) < 4.78 is 10.4. The molecule has 0 fully saturated rings. The molecule has 0 aliphatic heterocycles. The summed E-state index contributed by atoms with van der Waals surface area (Å²) in [6.45, 7) is 5.07. The van der Waals surface area contributed by atoms with Gasteiger partial charge in [0, 0.05) is 13.5 Å². The summed E-state index contributed by atoms with van der Waals surface area (Å²) in [5.74, 6) is -1.29. The standard InChI is InChI=1S/C21H26N2O5/c1-21(2,3)28-18(24)14-23(4)20(26)16(13-15-9-6-5-7-10-15)22-19(25)17-11-8-12-27-17/h5-12,16H,13-14H2,1-4H3,(H,22,25). The van der Waals surface area contributed by atoms with Crippen molar-refractivity contribution in [2.24, 2.45) is 0 Å². The van der Waals surface area contributed by atoms with Gasteiger partial charge in [0.1, 0.15) is 18.2 Å². The van der Waals surface area contributed by atoms with Gasteiger partial charge in [0.2, 0.25) is 5.91 Å². The number of carbonyl (C=O) groups excluding carboxylic acids is 3. The number of rotatable bonds is 7. The predicted molar refractivity (Wildman–Crippen MR) is 104 cm³/mol. The monoisotopic (exact) mass is 386 g/mol. The second-order valence-corrected chi connectivity index (χ2v) is 7.47. The van der Waals surface area contributed by atoms with E-state index in [1.54, 1.807) is 26.8 Å². The van der Waals surface area contributed by atoms with E-state index < -0.39 is 29.4 Å². The maximum Gasteiger partial charge on any atom is 0.326 e. The van der Waals surface area contributed by atoms with Gasteiger partial charge < -0.3 is 19.4 Å². The molecule has 0 aliphatic rings. The predicted octanol–water partition coefficient (Wildman–Crippen LogP) is 2.42. The molecule has 150 valence electrons. The van der Waals surface area contributed by atoms with E-state index in [1.807, 2.05) is 30.3 Å². The Kier molecular flexibility index (Phi) is 6.98. The van der Waals surface area contributed by atoms with Crippen LogP contribution < -0.4 is 5.32 Å². The Labute approximate surface area is 164 Å². The Hall–Kier alpha value is -3.09. The molecule has 1 N–H and O–H groups in total. The normalized spacial score (nSPS) is 12.1. The molecule has 0 aliphatic carbocycles. The van der Waals surface area contributed by atoms with Gasteiger partial charge in [-0.1, -0.05) is 30.3 Å². The highest BCUT2D eigenvalue weighted by Gasteiger charge is 2.28. The number of nitrogens with one attached hydrogen (secondary N) is 1. The van der Waals surface area contributed by atoms with Crippen LogP contribution in [0.4, 0.5) is 0 Å². The molecular formula is C21H26N2O5. The zero-order valence-electron chi connectivity index (χ0n) is 16.6. The maximum absolute atomic E-state index is 12.9. The van der Waals surface area contributed by atoms with Crippen LogP contribution in [-0.2, 0) is 20.7 Å². The third-order valence-electron chi connectivity index (χ3n) is 3.79. The molecular weight excluding hydrogens is 360 g/mol. The molecule has 2 rings (SSSR count). The van der Waals surface area contributed by atoms with Gasteiger partial charge in [0.25, 0.3) is 5.91 Å². The number of furan rings is 1. The molecule has 1 aromatic carbocycles. The van der Waals surface area contributed by atoms with Crippen LogP contribution in [0.3, 0.4) is 0 Å². The third kappa shape index (κ3) is 6.57. The van der Waals surface area contributed by atoms with E-state index >= 15 is 0 Å². The molecule has 0 bridgehead atoms. The number of esters is 1. The number of likely N-dealkylation sites (N-methyl/N-ethyl adjacent to an activating group) is 1. The van der Waals surface area contributed by atoms with Gasteiger partial charge in [0.05, 0.1) is 6.26 Å². The van der Waals surface area contributed by atoms with E-state index in [0.29, 0.717) is 0 Å². The van der Waals surface area contributed by atoms with Crippen molar-refractivity contribution in [2.75, 3.05) is 13.6 Å². The van der Waals surface area contributed by atoms with Crippen molar-refractivity contribution >= 4 is 17.8 Å². The number of amides is 2.